The van der Waals surface area contributed by atoms with Crippen molar-refractivity contribution in [3.8, 4) is 0 Å². The molecule has 2 fully saturated rings. The summed E-state index contributed by atoms with van der Waals surface area (Å²) in [6.07, 6.45) is 7.67. The van der Waals surface area contributed by atoms with E-state index in [2.05, 4.69) is 5.32 Å². The summed E-state index contributed by atoms with van der Waals surface area (Å²) < 4.78 is 0. The second-order valence-corrected chi connectivity index (χ2v) is 5.34. The zero-order chi connectivity index (χ0) is 12.3. The van der Waals surface area contributed by atoms with E-state index >= 15 is 0 Å². The van der Waals surface area contributed by atoms with E-state index in [-0.39, 0.29) is 24.4 Å². The van der Waals surface area contributed by atoms with Crippen LogP contribution in [-0.2, 0) is 9.59 Å². The van der Waals surface area contributed by atoms with Gasteiger partial charge in [-0.2, -0.15) is 0 Å². The average molecular weight is 238 g/mol. The number of carbonyl (C=O) groups is 2. The van der Waals surface area contributed by atoms with Gasteiger partial charge in [0.2, 0.25) is 11.8 Å². The van der Waals surface area contributed by atoms with Crippen molar-refractivity contribution in [1.82, 2.24) is 10.2 Å². The van der Waals surface area contributed by atoms with Crippen molar-refractivity contribution in [1.29, 1.82) is 0 Å². The Bertz CT molecular complexity index is 298. The Kier molecular flexibility index (Phi) is 4.02. The Balaban J connectivity index is 1.80. The Morgan fingerprint density at radius 2 is 1.94 bits per heavy atom. The molecule has 2 aliphatic rings. The molecule has 1 heterocycles. The third kappa shape index (κ3) is 3.20. The SMILES string of the molecule is CC1NC(=O)CN(CCC2CCCCC2)C1=O. The molecular formula is C13H22N2O2. The highest BCUT2D eigenvalue weighted by Gasteiger charge is 2.29. The molecule has 0 aromatic carbocycles. The van der Waals surface area contributed by atoms with E-state index in [0.717, 1.165) is 18.9 Å². The molecule has 0 bridgehead atoms. The predicted octanol–water partition coefficient (Wildman–Crippen LogP) is 1.30. The highest BCUT2D eigenvalue weighted by Crippen LogP contribution is 2.26. The van der Waals surface area contributed by atoms with Gasteiger partial charge in [0.05, 0.1) is 6.54 Å². The van der Waals surface area contributed by atoms with Crippen molar-refractivity contribution in [3.63, 3.8) is 0 Å². The number of rotatable bonds is 3. The van der Waals surface area contributed by atoms with Crippen molar-refractivity contribution in [2.24, 2.45) is 5.92 Å². The van der Waals surface area contributed by atoms with Crippen molar-refractivity contribution in [2.75, 3.05) is 13.1 Å². The number of amides is 2. The summed E-state index contributed by atoms with van der Waals surface area (Å²) in [4.78, 5) is 25.0. The highest BCUT2D eigenvalue weighted by molar-refractivity contribution is 5.94. The minimum Gasteiger partial charge on any atom is -0.343 e. The molecule has 1 N–H and O–H groups in total. The van der Waals surface area contributed by atoms with E-state index in [1.54, 1.807) is 11.8 Å². The second kappa shape index (κ2) is 5.52. The fraction of sp³-hybridized carbons (Fsp3) is 0.846. The van der Waals surface area contributed by atoms with E-state index < -0.39 is 0 Å². The molecule has 0 aromatic rings. The Labute approximate surface area is 103 Å². The molecule has 1 unspecified atom stereocenters. The van der Waals surface area contributed by atoms with Crippen LogP contribution < -0.4 is 5.32 Å². The summed E-state index contributed by atoms with van der Waals surface area (Å²) in [5.74, 6) is 0.804. The first kappa shape index (κ1) is 12.4. The van der Waals surface area contributed by atoms with Gasteiger partial charge in [0, 0.05) is 6.54 Å². The summed E-state index contributed by atoms with van der Waals surface area (Å²) in [5, 5.41) is 2.67. The van der Waals surface area contributed by atoms with E-state index in [0.29, 0.717) is 0 Å². The molecule has 1 atom stereocenters. The van der Waals surface area contributed by atoms with Gasteiger partial charge in [-0.05, 0) is 19.3 Å². The largest absolute Gasteiger partial charge is 0.343 e. The van der Waals surface area contributed by atoms with Gasteiger partial charge < -0.3 is 10.2 Å². The number of nitrogens with one attached hydrogen (secondary N) is 1. The lowest BCUT2D eigenvalue weighted by Gasteiger charge is -2.32. The molecule has 1 aliphatic heterocycles. The van der Waals surface area contributed by atoms with Gasteiger partial charge in [0.15, 0.2) is 0 Å². The molecule has 4 heteroatoms. The maximum Gasteiger partial charge on any atom is 0.245 e. The van der Waals surface area contributed by atoms with Crippen LogP contribution in [0.1, 0.15) is 45.4 Å². The van der Waals surface area contributed by atoms with Crippen LogP contribution in [0.25, 0.3) is 0 Å². The quantitative estimate of drug-likeness (QED) is 0.805. The summed E-state index contributed by atoms with van der Waals surface area (Å²) in [7, 11) is 0. The van der Waals surface area contributed by atoms with Crippen molar-refractivity contribution in [2.45, 2.75) is 51.5 Å². The molecule has 4 nitrogen and oxygen atoms in total. The van der Waals surface area contributed by atoms with Gasteiger partial charge >= 0.3 is 0 Å². The van der Waals surface area contributed by atoms with Crippen molar-refractivity contribution < 1.29 is 9.59 Å². The van der Waals surface area contributed by atoms with Crippen LogP contribution in [0.4, 0.5) is 0 Å². The monoisotopic (exact) mass is 238 g/mol. The zero-order valence-corrected chi connectivity index (χ0v) is 10.6. The highest BCUT2D eigenvalue weighted by atomic mass is 16.2. The maximum absolute atomic E-state index is 11.9. The fourth-order valence-corrected chi connectivity index (χ4v) is 2.88. The molecule has 0 radical (unpaired) electrons. The number of carbonyl (C=O) groups excluding carboxylic acids is 2. The fourth-order valence-electron chi connectivity index (χ4n) is 2.88. The van der Waals surface area contributed by atoms with Gasteiger partial charge in [-0.25, -0.2) is 0 Å². The predicted molar refractivity (Wildman–Crippen MR) is 65.4 cm³/mol. The average Bonchev–Trinajstić information content (AvgIpc) is 2.33. The topological polar surface area (TPSA) is 49.4 Å². The number of nitrogens with zero attached hydrogens (tertiary/aromatic N) is 1. The Morgan fingerprint density at radius 1 is 1.24 bits per heavy atom. The first-order chi connectivity index (χ1) is 8.16. The van der Waals surface area contributed by atoms with Crippen LogP contribution >= 0.6 is 0 Å². The molecule has 2 rings (SSSR count). The zero-order valence-electron chi connectivity index (χ0n) is 10.6. The molecule has 2 amide bonds. The van der Waals surface area contributed by atoms with E-state index in [1.165, 1.54) is 32.1 Å². The van der Waals surface area contributed by atoms with Crippen LogP contribution in [0.15, 0.2) is 0 Å². The van der Waals surface area contributed by atoms with Crippen LogP contribution in [0.5, 0.6) is 0 Å². The van der Waals surface area contributed by atoms with Gasteiger partial charge in [0.1, 0.15) is 6.04 Å². The number of piperazine rings is 1. The Morgan fingerprint density at radius 3 is 2.65 bits per heavy atom. The lowest BCUT2D eigenvalue weighted by atomic mass is 9.87. The summed E-state index contributed by atoms with van der Waals surface area (Å²) in [5.41, 5.74) is 0. The van der Waals surface area contributed by atoms with E-state index in [4.69, 9.17) is 0 Å². The summed E-state index contributed by atoms with van der Waals surface area (Å²) in [6.45, 7) is 2.75. The van der Waals surface area contributed by atoms with E-state index in [9.17, 15) is 9.59 Å². The third-order valence-corrected chi connectivity index (χ3v) is 3.93. The van der Waals surface area contributed by atoms with Crippen LogP contribution in [0.3, 0.4) is 0 Å². The number of hydrogen-bond donors (Lipinski definition) is 1. The van der Waals surface area contributed by atoms with E-state index in [1.807, 2.05) is 0 Å². The van der Waals surface area contributed by atoms with Gasteiger partial charge in [-0.1, -0.05) is 32.1 Å². The molecule has 0 aromatic heterocycles. The molecule has 17 heavy (non-hydrogen) atoms. The standard InChI is InChI=1S/C13H22N2O2/c1-10-13(17)15(9-12(16)14-10)8-7-11-5-3-2-4-6-11/h10-11H,2-9H2,1H3,(H,14,16). The van der Waals surface area contributed by atoms with Gasteiger partial charge in [-0.15, -0.1) is 0 Å². The van der Waals surface area contributed by atoms with Crippen LogP contribution in [-0.4, -0.2) is 35.8 Å². The maximum atomic E-state index is 11.9. The first-order valence-electron chi connectivity index (χ1n) is 6.75. The molecule has 0 spiro atoms. The van der Waals surface area contributed by atoms with Gasteiger partial charge in [0.25, 0.3) is 0 Å². The summed E-state index contributed by atoms with van der Waals surface area (Å²) in [6, 6.07) is -0.345. The molecule has 1 saturated heterocycles. The normalized spacial score (nSPS) is 27.1. The molecule has 1 aliphatic carbocycles. The summed E-state index contributed by atoms with van der Waals surface area (Å²) >= 11 is 0. The number of hydrogen-bond acceptors (Lipinski definition) is 2. The minimum atomic E-state index is -0.345. The smallest absolute Gasteiger partial charge is 0.245 e. The third-order valence-electron chi connectivity index (χ3n) is 3.93. The molecule has 1 saturated carbocycles. The van der Waals surface area contributed by atoms with Crippen molar-refractivity contribution >= 4 is 11.8 Å². The molecular weight excluding hydrogens is 216 g/mol. The van der Waals surface area contributed by atoms with Crippen molar-refractivity contribution in [3.05, 3.63) is 0 Å². The first-order valence-corrected chi connectivity index (χ1v) is 6.75. The Hall–Kier alpha value is -1.06. The van der Waals surface area contributed by atoms with Crippen LogP contribution in [0, 0.1) is 5.92 Å². The minimum absolute atomic E-state index is 0.0271. The molecule has 96 valence electrons. The second-order valence-electron chi connectivity index (χ2n) is 5.34. The van der Waals surface area contributed by atoms with Crippen LogP contribution in [0.2, 0.25) is 0 Å². The lowest BCUT2D eigenvalue weighted by molar-refractivity contribution is -0.143. The van der Waals surface area contributed by atoms with Gasteiger partial charge in [-0.3, -0.25) is 9.59 Å². The lowest BCUT2D eigenvalue weighted by Crippen LogP contribution is -2.57.